The summed E-state index contributed by atoms with van der Waals surface area (Å²) in [5.74, 6) is -1.20. The number of carbonyl (C=O) groups is 2. The van der Waals surface area contributed by atoms with Gasteiger partial charge in [-0.3, -0.25) is 9.10 Å². The molecule has 0 spiro atoms. The zero-order valence-electron chi connectivity index (χ0n) is 18.0. The highest BCUT2D eigenvalue weighted by Gasteiger charge is 2.28. The molecule has 8 heteroatoms. The first kappa shape index (κ1) is 23.0. The molecular formula is C24H24N2O5S. The lowest BCUT2D eigenvalue weighted by molar-refractivity contribution is -0.114. The number of rotatable bonds is 7. The molecule has 0 aliphatic rings. The van der Waals surface area contributed by atoms with Crippen molar-refractivity contribution in [1.29, 1.82) is 0 Å². The van der Waals surface area contributed by atoms with Crippen molar-refractivity contribution >= 4 is 33.3 Å². The van der Waals surface area contributed by atoms with Crippen LogP contribution in [-0.4, -0.2) is 33.9 Å². The van der Waals surface area contributed by atoms with Crippen LogP contribution in [0.4, 0.5) is 11.4 Å². The van der Waals surface area contributed by atoms with Gasteiger partial charge in [0.2, 0.25) is 5.91 Å². The van der Waals surface area contributed by atoms with Crippen LogP contribution in [0, 0.1) is 13.8 Å². The van der Waals surface area contributed by atoms with E-state index in [2.05, 4.69) is 5.32 Å². The van der Waals surface area contributed by atoms with E-state index in [1.165, 1.54) is 25.3 Å². The highest BCUT2D eigenvalue weighted by molar-refractivity contribution is 7.92. The molecule has 0 aromatic heterocycles. The Labute approximate surface area is 187 Å². The first-order chi connectivity index (χ1) is 15.2. The van der Waals surface area contributed by atoms with Crippen molar-refractivity contribution in [2.75, 3.05) is 23.3 Å². The number of amides is 1. The van der Waals surface area contributed by atoms with Crippen LogP contribution in [0.5, 0.6) is 0 Å². The Kier molecular flexibility index (Phi) is 6.95. The molecule has 0 saturated heterocycles. The van der Waals surface area contributed by atoms with Gasteiger partial charge in [-0.15, -0.1) is 0 Å². The van der Waals surface area contributed by atoms with Gasteiger partial charge in [-0.1, -0.05) is 36.4 Å². The lowest BCUT2D eigenvalue weighted by atomic mass is 10.1. The lowest BCUT2D eigenvalue weighted by Gasteiger charge is -2.25. The summed E-state index contributed by atoms with van der Waals surface area (Å²) in [7, 11) is -2.78. The maximum atomic E-state index is 13.4. The van der Waals surface area contributed by atoms with Gasteiger partial charge in [-0.05, 0) is 61.4 Å². The number of carbonyl (C=O) groups excluding carboxylic acids is 2. The summed E-state index contributed by atoms with van der Waals surface area (Å²) in [6, 6.07) is 19.6. The highest BCUT2D eigenvalue weighted by atomic mass is 32.2. The number of methoxy groups -OCH3 is 1. The van der Waals surface area contributed by atoms with E-state index in [4.69, 9.17) is 4.74 Å². The number of nitrogens with zero attached hydrogens (tertiary/aromatic N) is 1. The van der Waals surface area contributed by atoms with Crippen molar-refractivity contribution in [3.05, 3.63) is 89.5 Å². The minimum absolute atomic E-state index is 0.0712. The number of benzene rings is 3. The monoisotopic (exact) mass is 452 g/mol. The van der Waals surface area contributed by atoms with Gasteiger partial charge in [0, 0.05) is 0 Å². The molecule has 1 N–H and O–H groups in total. The molecule has 166 valence electrons. The molecule has 0 fully saturated rings. The fraction of sp³-hybridized carbons (Fsp3) is 0.167. The van der Waals surface area contributed by atoms with E-state index in [-0.39, 0.29) is 16.1 Å². The first-order valence-corrected chi connectivity index (χ1v) is 11.3. The maximum absolute atomic E-state index is 13.4. The van der Waals surface area contributed by atoms with Crippen LogP contribution in [0.25, 0.3) is 0 Å². The van der Waals surface area contributed by atoms with E-state index in [1.54, 1.807) is 48.5 Å². The minimum atomic E-state index is -4.03. The Morgan fingerprint density at radius 1 is 0.906 bits per heavy atom. The largest absolute Gasteiger partial charge is 0.465 e. The van der Waals surface area contributed by atoms with Crippen molar-refractivity contribution in [3.8, 4) is 0 Å². The number of anilines is 2. The second kappa shape index (κ2) is 9.65. The molecule has 3 rings (SSSR count). The molecule has 7 nitrogen and oxygen atoms in total. The molecule has 0 bridgehead atoms. The van der Waals surface area contributed by atoms with Crippen molar-refractivity contribution in [2.24, 2.45) is 0 Å². The van der Waals surface area contributed by atoms with Crippen molar-refractivity contribution in [2.45, 2.75) is 18.7 Å². The molecule has 0 atom stereocenters. The molecule has 32 heavy (non-hydrogen) atoms. The number of aryl methyl sites for hydroxylation is 2. The summed E-state index contributed by atoms with van der Waals surface area (Å²) in [5.41, 5.74) is 2.52. The zero-order valence-corrected chi connectivity index (χ0v) is 18.8. The molecule has 0 radical (unpaired) electrons. The minimum Gasteiger partial charge on any atom is -0.465 e. The third-order valence-corrected chi connectivity index (χ3v) is 6.51. The predicted molar refractivity (Wildman–Crippen MR) is 123 cm³/mol. The lowest BCUT2D eigenvalue weighted by Crippen LogP contribution is -2.38. The predicted octanol–water partition coefficient (Wildman–Crippen LogP) is 3.92. The topological polar surface area (TPSA) is 92.8 Å². The van der Waals surface area contributed by atoms with Gasteiger partial charge in [0.15, 0.2) is 0 Å². The van der Waals surface area contributed by atoms with Crippen molar-refractivity contribution in [1.82, 2.24) is 0 Å². The Morgan fingerprint density at radius 3 is 2.12 bits per heavy atom. The highest BCUT2D eigenvalue weighted by Crippen LogP contribution is 2.26. The Balaban J connectivity index is 1.98. The number of ether oxygens (including phenoxy) is 1. The van der Waals surface area contributed by atoms with Crippen LogP contribution < -0.4 is 9.62 Å². The van der Waals surface area contributed by atoms with Gasteiger partial charge in [-0.2, -0.15) is 0 Å². The third kappa shape index (κ3) is 5.15. The molecule has 0 saturated carbocycles. The molecule has 3 aromatic rings. The molecule has 0 heterocycles. The van der Waals surface area contributed by atoms with E-state index in [0.717, 1.165) is 15.4 Å². The number of hydrogen-bond donors (Lipinski definition) is 1. The van der Waals surface area contributed by atoms with Gasteiger partial charge < -0.3 is 10.1 Å². The van der Waals surface area contributed by atoms with E-state index < -0.39 is 28.4 Å². The molecule has 3 aromatic carbocycles. The second-order valence-electron chi connectivity index (χ2n) is 7.26. The van der Waals surface area contributed by atoms with Crippen LogP contribution in [0.2, 0.25) is 0 Å². The maximum Gasteiger partial charge on any atom is 0.339 e. The summed E-state index contributed by atoms with van der Waals surface area (Å²) in [4.78, 5) is 25.0. The normalized spacial score (nSPS) is 11.0. The molecule has 0 aliphatic carbocycles. The van der Waals surface area contributed by atoms with Crippen LogP contribution in [0.15, 0.2) is 77.7 Å². The molecular weight excluding hydrogens is 428 g/mol. The average Bonchev–Trinajstić information content (AvgIpc) is 2.77. The fourth-order valence-corrected chi connectivity index (χ4v) is 4.76. The zero-order chi connectivity index (χ0) is 23.3. The van der Waals surface area contributed by atoms with Gasteiger partial charge in [-0.25, -0.2) is 13.2 Å². The van der Waals surface area contributed by atoms with Crippen LogP contribution in [0.1, 0.15) is 21.5 Å². The number of nitrogens with one attached hydrogen (secondary N) is 1. The number of para-hydroxylation sites is 1. The second-order valence-corrected chi connectivity index (χ2v) is 9.12. The van der Waals surface area contributed by atoms with Gasteiger partial charge >= 0.3 is 5.97 Å². The van der Waals surface area contributed by atoms with Crippen LogP contribution in [-0.2, 0) is 19.6 Å². The Bertz CT molecular complexity index is 1220. The summed E-state index contributed by atoms with van der Waals surface area (Å²) in [5, 5.41) is 2.63. The van der Waals surface area contributed by atoms with Crippen molar-refractivity contribution in [3.63, 3.8) is 0 Å². The van der Waals surface area contributed by atoms with Crippen molar-refractivity contribution < 1.29 is 22.7 Å². The third-order valence-electron chi connectivity index (χ3n) is 4.72. The molecule has 0 unspecified atom stereocenters. The summed E-state index contributed by atoms with van der Waals surface area (Å²) < 4.78 is 32.7. The van der Waals surface area contributed by atoms with E-state index in [0.29, 0.717) is 5.69 Å². The first-order valence-electron chi connectivity index (χ1n) is 9.85. The van der Waals surface area contributed by atoms with Crippen LogP contribution >= 0.6 is 0 Å². The number of hydrogen-bond acceptors (Lipinski definition) is 5. The van der Waals surface area contributed by atoms with E-state index >= 15 is 0 Å². The Morgan fingerprint density at radius 2 is 1.50 bits per heavy atom. The van der Waals surface area contributed by atoms with E-state index in [9.17, 15) is 18.0 Å². The van der Waals surface area contributed by atoms with Gasteiger partial charge in [0.05, 0.1) is 28.9 Å². The summed E-state index contributed by atoms with van der Waals surface area (Å²) in [6.45, 7) is 3.24. The standard InChI is InChI=1S/C24H24N2O5S/c1-17-13-18(2)15-19(14-17)26(32(29,30)20-9-5-4-6-10-20)16-23(27)25-22-12-8-7-11-21(22)24(28)31-3/h4-15H,16H2,1-3H3,(H,25,27). The van der Waals surface area contributed by atoms with E-state index in [1.807, 2.05) is 19.9 Å². The van der Waals surface area contributed by atoms with Crippen LogP contribution in [0.3, 0.4) is 0 Å². The smallest absolute Gasteiger partial charge is 0.339 e. The number of esters is 1. The van der Waals surface area contributed by atoms with Gasteiger partial charge in [0.25, 0.3) is 10.0 Å². The Hall–Kier alpha value is -3.65. The fourth-order valence-electron chi connectivity index (χ4n) is 3.33. The average molecular weight is 453 g/mol. The summed E-state index contributed by atoms with van der Waals surface area (Å²) >= 11 is 0. The molecule has 0 aliphatic heterocycles. The quantitative estimate of drug-likeness (QED) is 0.549. The van der Waals surface area contributed by atoms with Gasteiger partial charge in [0.1, 0.15) is 6.54 Å². The molecule has 1 amide bonds. The summed E-state index contributed by atoms with van der Waals surface area (Å²) in [6.07, 6.45) is 0. The number of sulfonamides is 1. The SMILES string of the molecule is COC(=O)c1ccccc1NC(=O)CN(c1cc(C)cc(C)c1)S(=O)(=O)c1ccccc1.